The monoisotopic (exact) mass is 342 g/mol. The van der Waals surface area contributed by atoms with Gasteiger partial charge in [0.1, 0.15) is 0 Å². The fourth-order valence-electron chi connectivity index (χ4n) is 1.69. The molecule has 0 aliphatic heterocycles. The molecule has 0 bridgehead atoms. The number of hydrogen-bond donors (Lipinski definition) is 1. The van der Waals surface area contributed by atoms with Gasteiger partial charge in [-0.05, 0) is 19.1 Å². The Bertz CT molecular complexity index is 532. The molecular weight excluding hydrogens is 328 g/mol. The summed E-state index contributed by atoms with van der Waals surface area (Å²) in [5.74, 6) is 1.50. The van der Waals surface area contributed by atoms with Crippen molar-refractivity contribution < 1.29 is 9.47 Å². The minimum atomic E-state index is 0.594. The van der Waals surface area contributed by atoms with E-state index >= 15 is 0 Å². The zero-order chi connectivity index (χ0) is 13.7. The number of methoxy groups -OCH3 is 1. The van der Waals surface area contributed by atoms with Crippen LogP contribution < -0.4 is 14.8 Å². The number of halogens is 1. The minimum Gasteiger partial charge on any atom is -0.493 e. The van der Waals surface area contributed by atoms with Crippen LogP contribution in [-0.4, -0.2) is 18.7 Å². The van der Waals surface area contributed by atoms with Crippen molar-refractivity contribution in [2.45, 2.75) is 13.5 Å². The molecular formula is C13H15BrN2O2S. The van der Waals surface area contributed by atoms with Crippen molar-refractivity contribution in [1.82, 2.24) is 4.98 Å². The second kappa shape index (κ2) is 6.77. The Kier molecular flexibility index (Phi) is 5.04. The van der Waals surface area contributed by atoms with Crippen LogP contribution in [0.25, 0.3) is 0 Å². The van der Waals surface area contributed by atoms with Gasteiger partial charge in [-0.2, -0.15) is 0 Å². The van der Waals surface area contributed by atoms with Crippen molar-refractivity contribution in [1.29, 1.82) is 0 Å². The molecule has 0 amide bonds. The largest absolute Gasteiger partial charge is 0.493 e. The van der Waals surface area contributed by atoms with Crippen LogP contribution >= 0.6 is 27.3 Å². The van der Waals surface area contributed by atoms with Gasteiger partial charge in [0, 0.05) is 28.2 Å². The zero-order valence-electron chi connectivity index (χ0n) is 10.8. The van der Waals surface area contributed by atoms with Crippen molar-refractivity contribution >= 4 is 32.4 Å². The van der Waals surface area contributed by atoms with Gasteiger partial charge in [-0.25, -0.2) is 4.98 Å². The predicted molar refractivity (Wildman–Crippen MR) is 81.3 cm³/mol. The highest BCUT2D eigenvalue weighted by atomic mass is 79.9. The average Bonchev–Trinajstić information content (AvgIpc) is 2.92. The van der Waals surface area contributed by atoms with Gasteiger partial charge in [-0.3, -0.25) is 0 Å². The van der Waals surface area contributed by atoms with E-state index in [-0.39, 0.29) is 0 Å². The van der Waals surface area contributed by atoms with E-state index in [4.69, 9.17) is 9.47 Å². The Morgan fingerprint density at radius 2 is 2.26 bits per heavy atom. The maximum absolute atomic E-state index is 5.70. The molecule has 0 atom stereocenters. The van der Waals surface area contributed by atoms with Crippen LogP contribution in [0.3, 0.4) is 0 Å². The van der Waals surface area contributed by atoms with Gasteiger partial charge in [-0.1, -0.05) is 15.9 Å². The van der Waals surface area contributed by atoms with Crippen LogP contribution in [0, 0.1) is 0 Å². The molecule has 1 heterocycles. The Morgan fingerprint density at radius 3 is 2.89 bits per heavy atom. The second-order valence-corrected chi connectivity index (χ2v) is 5.43. The molecule has 0 fully saturated rings. The summed E-state index contributed by atoms with van der Waals surface area (Å²) in [6, 6.07) is 3.85. The summed E-state index contributed by atoms with van der Waals surface area (Å²) in [6.45, 7) is 3.18. The van der Waals surface area contributed by atoms with Crippen LogP contribution in [0.1, 0.15) is 12.5 Å². The van der Waals surface area contributed by atoms with Crippen molar-refractivity contribution in [3.8, 4) is 11.5 Å². The first-order chi connectivity index (χ1) is 9.26. The SMILES string of the molecule is CCOc1c(OC)ccc(Br)c1CNc1nccs1. The van der Waals surface area contributed by atoms with Crippen molar-refractivity contribution in [2.75, 3.05) is 19.0 Å². The number of nitrogens with zero attached hydrogens (tertiary/aromatic N) is 1. The number of aromatic nitrogens is 1. The van der Waals surface area contributed by atoms with Crippen molar-refractivity contribution in [2.24, 2.45) is 0 Å². The maximum Gasteiger partial charge on any atom is 0.182 e. The van der Waals surface area contributed by atoms with Gasteiger partial charge in [0.25, 0.3) is 0 Å². The Labute approximate surface area is 124 Å². The Morgan fingerprint density at radius 1 is 1.42 bits per heavy atom. The quantitative estimate of drug-likeness (QED) is 0.863. The number of anilines is 1. The number of thiazole rings is 1. The molecule has 1 aromatic heterocycles. The zero-order valence-corrected chi connectivity index (χ0v) is 13.2. The van der Waals surface area contributed by atoms with Gasteiger partial charge in [0.15, 0.2) is 16.6 Å². The Balaban J connectivity index is 2.25. The average molecular weight is 343 g/mol. The lowest BCUT2D eigenvalue weighted by molar-refractivity contribution is 0.307. The lowest BCUT2D eigenvalue weighted by Gasteiger charge is -2.16. The molecule has 2 aromatic rings. The van der Waals surface area contributed by atoms with Gasteiger partial charge >= 0.3 is 0 Å². The standard InChI is InChI=1S/C13H15BrN2O2S/c1-3-18-12-9(8-16-13-15-6-7-19-13)10(14)4-5-11(12)17-2/h4-7H,3,8H2,1-2H3,(H,15,16). The van der Waals surface area contributed by atoms with Crippen LogP contribution in [0.5, 0.6) is 11.5 Å². The molecule has 19 heavy (non-hydrogen) atoms. The van der Waals surface area contributed by atoms with Gasteiger partial charge in [0.2, 0.25) is 0 Å². The van der Waals surface area contributed by atoms with E-state index in [1.807, 2.05) is 24.4 Å². The molecule has 1 N–H and O–H groups in total. The van der Waals surface area contributed by atoms with Crippen LogP contribution in [0.15, 0.2) is 28.2 Å². The van der Waals surface area contributed by atoms with E-state index in [1.54, 1.807) is 24.6 Å². The summed E-state index contributed by atoms with van der Waals surface area (Å²) < 4.78 is 12.0. The van der Waals surface area contributed by atoms with E-state index in [0.29, 0.717) is 13.2 Å². The highest BCUT2D eigenvalue weighted by Crippen LogP contribution is 2.36. The van der Waals surface area contributed by atoms with E-state index in [1.165, 1.54) is 0 Å². The topological polar surface area (TPSA) is 43.4 Å². The Hall–Kier alpha value is -1.27. The first-order valence-corrected chi connectivity index (χ1v) is 7.55. The molecule has 0 radical (unpaired) electrons. The molecule has 6 heteroatoms. The summed E-state index contributed by atoms with van der Waals surface area (Å²) in [6.07, 6.45) is 1.77. The van der Waals surface area contributed by atoms with E-state index < -0.39 is 0 Å². The van der Waals surface area contributed by atoms with E-state index in [9.17, 15) is 0 Å². The highest BCUT2D eigenvalue weighted by Gasteiger charge is 2.14. The van der Waals surface area contributed by atoms with Crippen molar-refractivity contribution in [3.05, 3.63) is 33.7 Å². The second-order valence-electron chi connectivity index (χ2n) is 3.68. The predicted octanol–water partition coefficient (Wildman–Crippen LogP) is 3.93. The molecule has 0 unspecified atom stereocenters. The molecule has 0 spiro atoms. The number of rotatable bonds is 6. The summed E-state index contributed by atoms with van der Waals surface area (Å²) >= 11 is 5.12. The lowest BCUT2D eigenvalue weighted by Crippen LogP contribution is -2.05. The summed E-state index contributed by atoms with van der Waals surface area (Å²) in [5, 5.41) is 6.10. The smallest absolute Gasteiger partial charge is 0.182 e. The molecule has 4 nitrogen and oxygen atoms in total. The lowest BCUT2D eigenvalue weighted by atomic mass is 10.2. The molecule has 0 aliphatic rings. The summed E-state index contributed by atoms with van der Waals surface area (Å²) in [5.41, 5.74) is 1.02. The van der Waals surface area contributed by atoms with Crippen LogP contribution in [-0.2, 0) is 6.54 Å². The fraction of sp³-hybridized carbons (Fsp3) is 0.308. The normalized spacial score (nSPS) is 10.3. The first-order valence-electron chi connectivity index (χ1n) is 5.87. The molecule has 1 aromatic carbocycles. The highest BCUT2D eigenvalue weighted by molar-refractivity contribution is 9.10. The van der Waals surface area contributed by atoms with Gasteiger partial charge < -0.3 is 14.8 Å². The third-order valence-electron chi connectivity index (χ3n) is 2.52. The molecule has 102 valence electrons. The van der Waals surface area contributed by atoms with Crippen LogP contribution in [0.2, 0.25) is 0 Å². The minimum absolute atomic E-state index is 0.594. The van der Waals surface area contributed by atoms with E-state index in [0.717, 1.165) is 26.7 Å². The number of benzene rings is 1. The molecule has 0 saturated carbocycles. The molecule has 0 saturated heterocycles. The molecule has 0 aliphatic carbocycles. The first kappa shape index (κ1) is 14.1. The van der Waals surface area contributed by atoms with Crippen LogP contribution in [0.4, 0.5) is 5.13 Å². The molecule has 2 rings (SSSR count). The maximum atomic E-state index is 5.70. The third-order valence-corrected chi connectivity index (χ3v) is 4.00. The number of ether oxygens (including phenoxy) is 2. The number of hydrogen-bond acceptors (Lipinski definition) is 5. The van der Waals surface area contributed by atoms with Gasteiger partial charge in [0.05, 0.1) is 13.7 Å². The van der Waals surface area contributed by atoms with Gasteiger partial charge in [-0.15, -0.1) is 11.3 Å². The van der Waals surface area contributed by atoms with E-state index in [2.05, 4.69) is 26.2 Å². The summed E-state index contributed by atoms with van der Waals surface area (Å²) in [4.78, 5) is 4.20. The van der Waals surface area contributed by atoms with Crippen molar-refractivity contribution in [3.63, 3.8) is 0 Å². The third kappa shape index (κ3) is 3.39. The fourth-order valence-corrected chi connectivity index (χ4v) is 2.67. The number of nitrogens with one attached hydrogen (secondary N) is 1. The summed E-state index contributed by atoms with van der Waals surface area (Å²) in [7, 11) is 1.64.